The number of rotatable bonds is 24. The number of amides is 4. The molecule has 0 fully saturated rings. The van der Waals surface area contributed by atoms with Gasteiger partial charge in [-0.05, 0) is 63.8 Å². The summed E-state index contributed by atoms with van der Waals surface area (Å²) in [6, 6.07) is 4.88. The molecule has 0 aliphatic rings. The first-order valence-electron chi connectivity index (χ1n) is 17.0. The molecule has 53 heavy (non-hydrogen) atoms. The molecule has 18 nitrogen and oxygen atoms in total. The van der Waals surface area contributed by atoms with Gasteiger partial charge in [-0.15, -0.1) is 0 Å². The van der Waals surface area contributed by atoms with E-state index in [-0.39, 0.29) is 37.3 Å². The lowest BCUT2D eigenvalue weighted by molar-refractivity contribution is -0.150. The Hall–Kier alpha value is -4.75. The number of carbonyl (C=O) groups excluding carboxylic acids is 4. The Bertz CT molecular complexity index is 1510. The summed E-state index contributed by atoms with van der Waals surface area (Å²) in [5.41, 5.74) is 9.40. The number of carboxylic acids is 2. The Morgan fingerprint density at radius 2 is 1.49 bits per heavy atom. The highest BCUT2D eigenvalue weighted by molar-refractivity contribution is 7.85. The van der Waals surface area contributed by atoms with E-state index in [1.54, 1.807) is 0 Å². The minimum absolute atomic E-state index is 0.0103. The largest absolute Gasteiger partial charge is 0.481 e. The van der Waals surface area contributed by atoms with Crippen LogP contribution in [0.3, 0.4) is 0 Å². The van der Waals surface area contributed by atoms with Gasteiger partial charge < -0.3 is 48.3 Å². The van der Waals surface area contributed by atoms with E-state index in [0.29, 0.717) is 12.1 Å². The number of aliphatic carboxylic acids is 2. The second-order valence-electron chi connectivity index (χ2n) is 13.6. The summed E-state index contributed by atoms with van der Waals surface area (Å²) in [5, 5.41) is 32.2. The number of unbranched alkanes of at least 4 members (excludes halogenated alkanes) is 1. The number of carbonyl (C=O) groups is 6. The molecule has 19 heteroatoms. The number of anilines is 1. The van der Waals surface area contributed by atoms with Gasteiger partial charge in [0.2, 0.25) is 17.7 Å². The summed E-state index contributed by atoms with van der Waals surface area (Å²) >= 11 is 0. The maximum atomic E-state index is 13.0. The molecule has 0 saturated carbocycles. The second kappa shape index (κ2) is 23.0. The van der Waals surface area contributed by atoms with Gasteiger partial charge in [0.15, 0.2) is 0 Å². The molecule has 1 aromatic carbocycles. The van der Waals surface area contributed by atoms with Crippen molar-refractivity contribution >= 4 is 51.4 Å². The molecule has 0 aliphatic heterocycles. The van der Waals surface area contributed by atoms with Crippen LogP contribution in [-0.2, 0) is 34.1 Å². The number of hydrogen-bond donors (Lipinski definition) is 10. The first-order chi connectivity index (χ1) is 24.4. The summed E-state index contributed by atoms with van der Waals surface area (Å²) < 4.78 is 31.7. The Balaban J connectivity index is 0.00000132. The molecule has 0 bridgehead atoms. The molecule has 0 spiro atoms. The highest BCUT2D eigenvalue weighted by atomic mass is 32.2. The van der Waals surface area contributed by atoms with Gasteiger partial charge in [-0.3, -0.25) is 28.5 Å². The third-order valence-corrected chi connectivity index (χ3v) is 8.43. The number of primary amides is 1. The molecule has 300 valence electrons. The van der Waals surface area contributed by atoms with E-state index < -0.39 is 75.0 Å². The van der Waals surface area contributed by atoms with Crippen LogP contribution >= 0.6 is 0 Å². The minimum Gasteiger partial charge on any atom is -0.481 e. The van der Waals surface area contributed by atoms with Crippen molar-refractivity contribution in [3.63, 3.8) is 0 Å². The van der Waals surface area contributed by atoms with Gasteiger partial charge in [0.1, 0.15) is 6.04 Å². The Morgan fingerprint density at radius 1 is 0.887 bits per heavy atom. The fraction of sp³-hybridized carbons (Fsp3) is 0.588. The molecule has 0 radical (unpaired) electrons. The molecule has 1 aromatic rings. The molecule has 2 unspecified atom stereocenters. The van der Waals surface area contributed by atoms with E-state index in [0.717, 1.165) is 31.6 Å². The first kappa shape index (κ1) is 48.2. The van der Waals surface area contributed by atoms with Crippen molar-refractivity contribution in [1.82, 2.24) is 21.3 Å². The van der Waals surface area contributed by atoms with Crippen molar-refractivity contribution in [1.29, 1.82) is 0 Å². The molecule has 4 amide bonds. The molecular weight excluding hydrogens is 714 g/mol. The van der Waals surface area contributed by atoms with E-state index >= 15 is 0 Å². The topological polar surface area (TPSA) is 309 Å². The van der Waals surface area contributed by atoms with Gasteiger partial charge in [-0.2, -0.15) is 8.42 Å². The molecule has 2 atom stereocenters. The summed E-state index contributed by atoms with van der Waals surface area (Å²) in [4.78, 5) is 70.3. The van der Waals surface area contributed by atoms with Crippen LogP contribution in [0.25, 0.3) is 0 Å². The summed E-state index contributed by atoms with van der Waals surface area (Å²) in [5.74, 6) is -5.36. The van der Waals surface area contributed by atoms with Crippen molar-refractivity contribution in [3.05, 3.63) is 42.1 Å². The molecular formula is C34H57N7O11S. The van der Waals surface area contributed by atoms with Crippen LogP contribution in [-0.4, -0.2) is 103 Å². The maximum Gasteiger partial charge on any atom is 0.326 e. The first-order valence-corrected chi connectivity index (χ1v) is 18.6. The van der Waals surface area contributed by atoms with Crippen molar-refractivity contribution < 1.29 is 52.0 Å². The van der Waals surface area contributed by atoms with Crippen LogP contribution in [0.5, 0.6) is 0 Å². The van der Waals surface area contributed by atoms with E-state index in [9.17, 15) is 47.4 Å². The van der Waals surface area contributed by atoms with Crippen LogP contribution in [0, 0.1) is 10.8 Å². The lowest BCUT2D eigenvalue weighted by Crippen LogP contribution is -2.50. The van der Waals surface area contributed by atoms with Crippen molar-refractivity contribution in [2.24, 2.45) is 22.3 Å². The lowest BCUT2D eigenvalue weighted by atomic mass is 9.74. The van der Waals surface area contributed by atoms with Crippen molar-refractivity contribution in [3.8, 4) is 0 Å². The van der Waals surface area contributed by atoms with Crippen LogP contribution in [0.4, 0.5) is 5.69 Å². The molecule has 0 aliphatic carbocycles. The minimum atomic E-state index is -4.45. The van der Waals surface area contributed by atoms with Crippen LogP contribution < -0.4 is 38.1 Å². The van der Waals surface area contributed by atoms with Gasteiger partial charge in [0, 0.05) is 48.4 Å². The van der Waals surface area contributed by atoms with Gasteiger partial charge >= 0.3 is 11.9 Å². The fourth-order valence-corrected chi connectivity index (χ4v) is 5.32. The zero-order chi connectivity index (χ0) is 41.0. The smallest absolute Gasteiger partial charge is 0.326 e. The normalized spacial score (nSPS) is 12.5. The van der Waals surface area contributed by atoms with Crippen LogP contribution in [0.2, 0.25) is 0 Å². The predicted molar refractivity (Wildman–Crippen MR) is 199 cm³/mol. The van der Waals surface area contributed by atoms with Gasteiger partial charge in [0.25, 0.3) is 16.0 Å². The zero-order valence-corrected chi connectivity index (χ0v) is 31.9. The highest BCUT2D eigenvalue weighted by Crippen LogP contribution is 2.34. The monoisotopic (exact) mass is 771 g/mol. The highest BCUT2D eigenvalue weighted by Gasteiger charge is 2.40. The Morgan fingerprint density at radius 3 is 1.98 bits per heavy atom. The van der Waals surface area contributed by atoms with Crippen molar-refractivity contribution in [2.75, 3.05) is 37.2 Å². The standard InChI is InChI=1S/C21H36N4O10S.C13H21N3O/c1-12(24-14(17(28)29)6-7-16(27)23-10-15(22)26)13(8-9-36(33,34)35)25-18(30)20(2,3)11-21(4,5)19(31)32;1-2-3-9-16-13(17)11-4-6-12(7-5-11)15-10-8-14/h13-14,24H,1,6-11H2,2-5H3,(H2,22,26)(H,23,27)(H,25,30)(H,28,29)(H,31,32)(H,33,34,35);4-7,15H,2-3,8-10,14H2,1H3,(H,16,17). The molecule has 0 heterocycles. The zero-order valence-electron chi connectivity index (χ0n) is 31.1. The maximum absolute atomic E-state index is 13.0. The van der Waals surface area contributed by atoms with Gasteiger partial charge in [-0.25, -0.2) is 4.79 Å². The molecule has 0 aromatic heterocycles. The van der Waals surface area contributed by atoms with E-state index in [1.807, 2.05) is 24.3 Å². The van der Waals surface area contributed by atoms with Crippen LogP contribution in [0.1, 0.15) is 83.5 Å². The quantitative estimate of drug-likeness (QED) is 0.0514. The summed E-state index contributed by atoms with van der Waals surface area (Å²) in [6.45, 7) is 13.3. The SMILES string of the molecule is C=C(NC(CCC(=O)NCC(N)=O)C(=O)O)C(CCS(=O)(=O)O)NC(=O)C(C)(C)CC(C)(C)C(=O)O.CCCCNC(=O)c1ccc(NCCN)cc1. The van der Waals surface area contributed by atoms with E-state index in [1.165, 1.54) is 27.7 Å². The molecule has 0 saturated heterocycles. The molecule has 1 rings (SSSR count). The fourth-order valence-electron chi connectivity index (χ4n) is 4.78. The third kappa shape index (κ3) is 20.8. The van der Waals surface area contributed by atoms with Crippen LogP contribution in [0.15, 0.2) is 36.5 Å². The number of nitrogens with one attached hydrogen (secondary N) is 5. The Kier molecular flexibility index (Phi) is 21.0. The average molecular weight is 772 g/mol. The second-order valence-corrected chi connectivity index (χ2v) is 15.2. The molecule has 12 N–H and O–H groups in total. The Labute approximate surface area is 311 Å². The summed E-state index contributed by atoms with van der Waals surface area (Å²) in [7, 11) is -4.45. The average Bonchev–Trinajstić information content (AvgIpc) is 3.05. The van der Waals surface area contributed by atoms with E-state index in [4.69, 9.17) is 16.0 Å². The predicted octanol–water partition coefficient (Wildman–Crippen LogP) is 0.802. The van der Waals surface area contributed by atoms with Gasteiger partial charge in [0.05, 0.1) is 23.8 Å². The van der Waals surface area contributed by atoms with E-state index in [2.05, 4.69) is 40.1 Å². The number of carboxylic acid groups (broad SMARTS) is 2. The van der Waals surface area contributed by atoms with Crippen molar-refractivity contribution in [2.45, 2.75) is 85.2 Å². The lowest BCUT2D eigenvalue weighted by Gasteiger charge is -2.33. The number of benzene rings is 1. The summed E-state index contributed by atoms with van der Waals surface area (Å²) in [6.07, 6.45) is 1.09. The third-order valence-electron chi connectivity index (χ3n) is 7.68. The van der Waals surface area contributed by atoms with Gasteiger partial charge in [-0.1, -0.05) is 33.8 Å². The number of nitrogens with two attached hydrogens (primary N) is 2. The number of hydrogen-bond acceptors (Lipinski definition) is 11.